The number of nitrogens with one attached hydrogen (secondary N) is 1. The normalized spacial score (nSPS) is 24.4. The molecule has 3 nitrogen and oxygen atoms in total. The van der Waals surface area contributed by atoms with Gasteiger partial charge in [0.1, 0.15) is 0 Å². The molecule has 1 aliphatic rings. The van der Waals surface area contributed by atoms with E-state index < -0.39 is 0 Å². The van der Waals surface area contributed by atoms with Gasteiger partial charge in [-0.25, -0.2) is 0 Å². The van der Waals surface area contributed by atoms with Crippen molar-refractivity contribution in [2.24, 2.45) is 0 Å². The number of nitrogens with zero attached hydrogens (tertiary/aromatic N) is 2. The van der Waals surface area contributed by atoms with Gasteiger partial charge in [-0.2, -0.15) is 0 Å². The van der Waals surface area contributed by atoms with Crippen molar-refractivity contribution in [3.8, 4) is 0 Å². The first kappa shape index (κ1) is 14.5. The molecule has 1 saturated carbocycles. The van der Waals surface area contributed by atoms with Crippen LogP contribution in [0.4, 0.5) is 0 Å². The number of likely N-dealkylation sites (N-methyl/N-ethyl adjacent to an activating group) is 2. The molecular weight excluding hydrogens is 234 g/mol. The minimum atomic E-state index is 0.643. The number of aromatic nitrogens is 1. The molecule has 2 atom stereocenters. The first-order valence-corrected chi connectivity index (χ1v) is 7.65. The third kappa shape index (κ3) is 4.02. The molecule has 0 radical (unpaired) electrons. The molecule has 0 saturated heterocycles. The van der Waals surface area contributed by atoms with Crippen LogP contribution in [0, 0.1) is 0 Å². The highest BCUT2D eigenvalue weighted by molar-refractivity contribution is 5.09. The second-order valence-corrected chi connectivity index (χ2v) is 5.52. The molecule has 1 heterocycles. The van der Waals surface area contributed by atoms with E-state index in [2.05, 4.69) is 41.3 Å². The number of rotatable bonds is 5. The average Bonchev–Trinajstić information content (AvgIpc) is 2.71. The molecule has 0 aromatic carbocycles. The molecule has 1 N–H and O–H groups in total. The summed E-state index contributed by atoms with van der Waals surface area (Å²) in [6.45, 7) is 4.44. The average molecular weight is 261 g/mol. The van der Waals surface area contributed by atoms with E-state index in [1.54, 1.807) is 0 Å². The molecule has 1 fully saturated rings. The molecule has 2 rings (SSSR count). The monoisotopic (exact) mass is 261 g/mol. The van der Waals surface area contributed by atoms with Crippen molar-refractivity contribution >= 4 is 0 Å². The minimum absolute atomic E-state index is 0.643. The highest BCUT2D eigenvalue weighted by Gasteiger charge is 2.26. The van der Waals surface area contributed by atoms with Crippen LogP contribution in [-0.2, 0) is 6.54 Å². The van der Waals surface area contributed by atoms with Crippen molar-refractivity contribution < 1.29 is 0 Å². The Kier molecular flexibility index (Phi) is 5.80. The van der Waals surface area contributed by atoms with Crippen LogP contribution in [0.3, 0.4) is 0 Å². The number of hydrogen-bond acceptors (Lipinski definition) is 3. The maximum absolute atomic E-state index is 4.11. The van der Waals surface area contributed by atoms with Gasteiger partial charge < -0.3 is 5.32 Å². The zero-order chi connectivity index (χ0) is 13.5. The topological polar surface area (TPSA) is 28.2 Å². The Hall–Kier alpha value is -0.930. The molecule has 3 heteroatoms. The SMILES string of the molecule is CCN(Cc1ccncc1)C1CCCCCC1NC. The highest BCUT2D eigenvalue weighted by Crippen LogP contribution is 2.23. The third-order valence-electron chi connectivity index (χ3n) is 4.36. The summed E-state index contributed by atoms with van der Waals surface area (Å²) in [4.78, 5) is 6.73. The molecular formula is C16H27N3. The van der Waals surface area contributed by atoms with Crippen LogP contribution in [0.15, 0.2) is 24.5 Å². The van der Waals surface area contributed by atoms with E-state index >= 15 is 0 Å². The fourth-order valence-electron chi connectivity index (χ4n) is 3.25. The van der Waals surface area contributed by atoms with Gasteiger partial charge in [0, 0.05) is 31.0 Å². The molecule has 1 aromatic heterocycles. The Bertz CT molecular complexity index is 352. The van der Waals surface area contributed by atoms with E-state index in [9.17, 15) is 0 Å². The second-order valence-electron chi connectivity index (χ2n) is 5.52. The van der Waals surface area contributed by atoms with Crippen LogP contribution in [0.25, 0.3) is 0 Å². The lowest BCUT2D eigenvalue weighted by Crippen LogP contribution is -2.48. The van der Waals surface area contributed by atoms with Crippen LogP contribution in [-0.4, -0.2) is 35.6 Å². The van der Waals surface area contributed by atoms with Gasteiger partial charge in [-0.15, -0.1) is 0 Å². The van der Waals surface area contributed by atoms with Gasteiger partial charge in [0.25, 0.3) is 0 Å². The van der Waals surface area contributed by atoms with E-state index in [0.29, 0.717) is 12.1 Å². The molecule has 0 spiro atoms. The maximum Gasteiger partial charge on any atom is 0.0271 e. The third-order valence-corrected chi connectivity index (χ3v) is 4.36. The standard InChI is InChI=1S/C16H27N3/c1-3-19(13-14-9-11-18-12-10-14)16-8-6-4-5-7-15(16)17-2/h9-12,15-17H,3-8,13H2,1-2H3. The van der Waals surface area contributed by atoms with E-state index in [1.165, 1.54) is 37.7 Å². The molecule has 19 heavy (non-hydrogen) atoms. The zero-order valence-electron chi connectivity index (χ0n) is 12.3. The van der Waals surface area contributed by atoms with E-state index in [-0.39, 0.29) is 0 Å². The summed E-state index contributed by atoms with van der Waals surface area (Å²) in [5.74, 6) is 0. The van der Waals surface area contributed by atoms with Gasteiger partial charge in [-0.05, 0) is 44.1 Å². The number of pyridine rings is 1. The number of hydrogen-bond donors (Lipinski definition) is 1. The van der Waals surface area contributed by atoms with Gasteiger partial charge in [-0.1, -0.05) is 26.2 Å². The van der Waals surface area contributed by atoms with E-state index in [4.69, 9.17) is 0 Å². The molecule has 106 valence electrons. The van der Waals surface area contributed by atoms with Crippen LogP contribution in [0.1, 0.15) is 44.6 Å². The summed E-state index contributed by atoms with van der Waals surface area (Å²) in [5, 5.41) is 3.54. The molecule has 1 aromatic rings. The molecule has 0 bridgehead atoms. The smallest absolute Gasteiger partial charge is 0.0271 e. The van der Waals surface area contributed by atoms with Crippen molar-refractivity contribution in [1.82, 2.24) is 15.2 Å². The first-order valence-electron chi connectivity index (χ1n) is 7.65. The summed E-state index contributed by atoms with van der Waals surface area (Å²) in [5.41, 5.74) is 1.37. The fraction of sp³-hybridized carbons (Fsp3) is 0.688. The van der Waals surface area contributed by atoms with Crippen molar-refractivity contribution in [1.29, 1.82) is 0 Å². The predicted octanol–water partition coefficient (Wildman–Crippen LogP) is 2.82. The van der Waals surface area contributed by atoms with Crippen LogP contribution < -0.4 is 5.32 Å². The van der Waals surface area contributed by atoms with Crippen molar-refractivity contribution in [3.63, 3.8) is 0 Å². The Balaban J connectivity index is 2.05. The van der Waals surface area contributed by atoms with Gasteiger partial charge in [-0.3, -0.25) is 9.88 Å². The Labute approximate surface area is 117 Å². The quantitative estimate of drug-likeness (QED) is 0.826. The van der Waals surface area contributed by atoms with Gasteiger partial charge in [0.2, 0.25) is 0 Å². The maximum atomic E-state index is 4.11. The summed E-state index contributed by atoms with van der Waals surface area (Å²) in [6, 6.07) is 5.58. The summed E-state index contributed by atoms with van der Waals surface area (Å²) >= 11 is 0. The zero-order valence-corrected chi connectivity index (χ0v) is 12.3. The Morgan fingerprint density at radius 1 is 1.21 bits per heavy atom. The summed E-state index contributed by atoms with van der Waals surface area (Å²) in [7, 11) is 2.11. The van der Waals surface area contributed by atoms with Gasteiger partial charge >= 0.3 is 0 Å². The van der Waals surface area contributed by atoms with Crippen molar-refractivity contribution in [2.75, 3.05) is 13.6 Å². The molecule has 1 aliphatic carbocycles. The predicted molar refractivity (Wildman–Crippen MR) is 80.0 cm³/mol. The lowest BCUT2D eigenvalue weighted by Gasteiger charge is -2.35. The molecule has 0 aliphatic heterocycles. The molecule has 0 amide bonds. The van der Waals surface area contributed by atoms with Crippen molar-refractivity contribution in [3.05, 3.63) is 30.1 Å². The fourth-order valence-corrected chi connectivity index (χ4v) is 3.25. The lowest BCUT2D eigenvalue weighted by atomic mass is 10.0. The van der Waals surface area contributed by atoms with Gasteiger partial charge in [0.05, 0.1) is 0 Å². The summed E-state index contributed by atoms with van der Waals surface area (Å²) < 4.78 is 0. The Morgan fingerprint density at radius 2 is 1.95 bits per heavy atom. The highest BCUT2D eigenvalue weighted by atomic mass is 15.2. The van der Waals surface area contributed by atoms with E-state index in [1.807, 2.05) is 12.4 Å². The van der Waals surface area contributed by atoms with Crippen LogP contribution in [0.5, 0.6) is 0 Å². The van der Waals surface area contributed by atoms with E-state index in [0.717, 1.165) is 13.1 Å². The minimum Gasteiger partial charge on any atom is -0.315 e. The Morgan fingerprint density at radius 3 is 2.63 bits per heavy atom. The van der Waals surface area contributed by atoms with Crippen LogP contribution in [0.2, 0.25) is 0 Å². The van der Waals surface area contributed by atoms with Crippen molar-refractivity contribution in [2.45, 2.75) is 57.7 Å². The summed E-state index contributed by atoms with van der Waals surface area (Å²) in [6.07, 6.45) is 10.6. The second kappa shape index (κ2) is 7.61. The first-order chi connectivity index (χ1) is 9.35. The van der Waals surface area contributed by atoms with Crippen LogP contribution >= 0.6 is 0 Å². The largest absolute Gasteiger partial charge is 0.315 e. The van der Waals surface area contributed by atoms with Gasteiger partial charge in [0.15, 0.2) is 0 Å². The lowest BCUT2D eigenvalue weighted by molar-refractivity contribution is 0.151. The molecule has 2 unspecified atom stereocenters.